The molecule has 0 aromatic heterocycles. The van der Waals surface area contributed by atoms with Crippen molar-refractivity contribution >= 4 is 11.5 Å². The van der Waals surface area contributed by atoms with Crippen LogP contribution in [-0.2, 0) is 4.79 Å². The predicted octanol–water partition coefficient (Wildman–Crippen LogP) is 2.44. The molecule has 1 fully saturated rings. The van der Waals surface area contributed by atoms with E-state index in [1.807, 2.05) is 13.0 Å². The summed E-state index contributed by atoms with van der Waals surface area (Å²) in [5.41, 5.74) is 2.71. The summed E-state index contributed by atoms with van der Waals surface area (Å²) in [6, 6.07) is 10.9. The van der Waals surface area contributed by atoms with Crippen molar-refractivity contribution in [3.63, 3.8) is 0 Å². The number of rotatable bonds is 4. The molecule has 1 amide bonds. The maximum atomic E-state index is 12.1. The van der Waals surface area contributed by atoms with Gasteiger partial charge < -0.3 is 5.32 Å². The van der Waals surface area contributed by atoms with Crippen LogP contribution in [0.15, 0.2) is 36.4 Å². The Kier molecular flexibility index (Phi) is 3.88. The third kappa shape index (κ3) is 3.10. The second-order valence-electron chi connectivity index (χ2n) is 5.80. The summed E-state index contributed by atoms with van der Waals surface area (Å²) in [6.45, 7) is 3.84. The highest BCUT2D eigenvalue weighted by atomic mass is 16.2. The molecule has 1 atom stereocenters. The molecule has 1 aromatic carbocycles. The number of amides is 1. The second-order valence-corrected chi connectivity index (χ2v) is 5.80. The molecular weight excluding hydrogens is 248 g/mol. The van der Waals surface area contributed by atoms with E-state index in [0.717, 1.165) is 32.4 Å². The molecule has 1 aliphatic heterocycles. The van der Waals surface area contributed by atoms with E-state index in [0.29, 0.717) is 6.04 Å². The zero-order valence-corrected chi connectivity index (χ0v) is 12.0. The predicted molar refractivity (Wildman–Crippen MR) is 81.2 cm³/mol. The van der Waals surface area contributed by atoms with E-state index in [2.05, 4.69) is 40.6 Å². The standard InChI is InChI=1S/C17H22N2O/c1-13(17(20)18-16-7-8-16)19-11-9-15(10-12-19)14-5-3-2-4-6-14/h2-6,9,13,16H,7-8,10-12H2,1H3,(H,18,20)/t13-/m1/s1. The van der Waals surface area contributed by atoms with Gasteiger partial charge in [0, 0.05) is 19.1 Å². The van der Waals surface area contributed by atoms with Crippen molar-refractivity contribution in [1.29, 1.82) is 0 Å². The van der Waals surface area contributed by atoms with E-state index in [9.17, 15) is 4.79 Å². The summed E-state index contributed by atoms with van der Waals surface area (Å²) in [4.78, 5) is 14.3. The van der Waals surface area contributed by atoms with Crippen LogP contribution in [0.4, 0.5) is 0 Å². The Morgan fingerprint density at radius 2 is 2.05 bits per heavy atom. The van der Waals surface area contributed by atoms with Crippen LogP contribution < -0.4 is 5.32 Å². The molecule has 3 heteroatoms. The Morgan fingerprint density at radius 1 is 1.30 bits per heavy atom. The molecule has 1 aromatic rings. The molecule has 0 spiro atoms. The van der Waals surface area contributed by atoms with Crippen LogP contribution >= 0.6 is 0 Å². The van der Waals surface area contributed by atoms with E-state index in [1.165, 1.54) is 11.1 Å². The van der Waals surface area contributed by atoms with Gasteiger partial charge in [-0.1, -0.05) is 36.4 Å². The third-order valence-corrected chi connectivity index (χ3v) is 4.24. The van der Waals surface area contributed by atoms with E-state index in [1.54, 1.807) is 0 Å². The zero-order valence-electron chi connectivity index (χ0n) is 12.0. The van der Waals surface area contributed by atoms with Crippen molar-refractivity contribution in [3.05, 3.63) is 42.0 Å². The fourth-order valence-electron chi connectivity index (χ4n) is 2.67. The minimum Gasteiger partial charge on any atom is -0.352 e. The van der Waals surface area contributed by atoms with Crippen molar-refractivity contribution in [1.82, 2.24) is 10.2 Å². The highest BCUT2D eigenvalue weighted by Gasteiger charge is 2.28. The van der Waals surface area contributed by atoms with Crippen LogP contribution in [0.3, 0.4) is 0 Å². The molecule has 0 radical (unpaired) electrons. The first-order valence-corrected chi connectivity index (χ1v) is 7.53. The largest absolute Gasteiger partial charge is 0.352 e. The molecule has 0 saturated heterocycles. The SMILES string of the molecule is C[C@H](C(=O)NC1CC1)N1CC=C(c2ccccc2)CC1. The van der Waals surface area contributed by atoms with Crippen molar-refractivity contribution in [2.24, 2.45) is 0 Å². The van der Waals surface area contributed by atoms with Gasteiger partial charge in [-0.05, 0) is 37.3 Å². The van der Waals surface area contributed by atoms with Crippen LogP contribution in [0.5, 0.6) is 0 Å². The average Bonchev–Trinajstić information content (AvgIpc) is 3.31. The van der Waals surface area contributed by atoms with Gasteiger partial charge in [-0.15, -0.1) is 0 Å². The van der Waals surface area contributed by atoms with Crippen LogP contribution in [0.2, 0.25) is 0 Å². The van der Waals surface area contributed by atoms with Crippen molar-refractivity contribution < 1.29 is 4.79 Å². The second kappa shape index (κ2) is 5.80. The summed E-state index contributed by atoms with van der Waals surface area (Å²) >= 11 is 0. The van der Waals surface area contributed by atoms with E-state index in [4.69, 9.17) is 0 Å². The lowest BCUT2D eigenvalue weighted by Gasteiger charge is -2.31. The topological polar surface area (TPSA) is 32.3 Å². The van der Waals surface area contributed by atoms with Crippen LogP contribution in [-0.4, -0.2) is 36.0 Å². The van der Waals surface area contributed by atoms with Crippen LogP contribution in [0.25, 0.3) is 5.57 Å². The maximum absolute atomic E-state index is 12.1. The Bertz CT molecular complexity index is 505. The highest BCUT2D eigenvalue weighted by Crippen LogP contribution is 2.23. The lowest BCUT2D eigenvalue weighted by molar-refractivity contribution is -0.125. The van der Waals surface area contributed by atoms with Gasteiger partial charge in [0.25, 0.3) is 0 Å². The number of hydrogen-bond donors (Lipinski definition) is 1. The number of benzene rings is 1. The molecule has 0 unspecified atom stereocenters. The summed E-state index contributed by atoms with van der Waals surface area (Å²) in [7, 11) is 0. The smallest absolute Gasteiger partial charge is 0.237 e. The molecule has 2 aliphatic rings. The van der Waals surface area contributed by atoms with Crippen LogP contribution in [0.1, 0.15) is 31.7 Å². The summed E-state index contributed by atoms with van der Waals surface area (Å²) < 4.78 is 0. The van der Waals surface area contributed by atoms with Gasteiger partial charge in [-0.3, -0.25) is 9.69 Å². The van der Waals surface area contributed by atoms with Crippen molar-refractivity contribution in [3.8, 4) is 0 Å². The Labute approximate surface area is 120 Å². The van der Waals surface area contributed by atoms with Gasteiger partial charge in [-0.2, -0.15) is 0 Å². The minimum absolute atomic E-state index is 0.0239. The Balaban J connectivity index is 1.59. The van der Waals surface area contributed by atoms with Crippen molar-refractivity contribution in [2.45, 2.75) is 38.3 Å². The molecular formula is C17H22N2O. The highest BCUT2D eigenvalue weighted by molar-refractivity contribution is 5.82. The number of hydrogen-bond acceptors (Lipinski definition) is 2. The molecule has 106 valence electrons. The van der Waals surface area contributed by atoms with Gasteiger partial charge in [-0.25, -0.2) is 0 Å². The zero-order chi connectivity index (χ0) is 13.9. The van der Waals surface area contributed by atoms with Crippen molar-refractivity contribution in [2.75, 3.05) is 13.1 Å². The van der Waals surface area contributed by atoms with Gasteiger partial charge in [0.15, 0.2) is 0 Å². The van der Waals surface area contributed by atoms with Gasteiger partial charge in [0.05, 0.1) is 6.04 Å². The Morgan fingerprint density at radius 3 is 2.65 bits per heavy atom. The van der Waals surface area contributed by atoms with Gasteiger partial charge >= 0.3 is 0 Å². The molecule has 3 rings (SSSR count). The normalized spacial score (nSPS) is 21.1. The lowest BCUT2D eigenvalue weighted by atomic mass is 9.99. The first-order chi connectivity index (χ1) is 9.74. The molecule has 0 bridgehead atoms. The molecule has 3 nitrogen and oxygen atoms in total. The third-order valence-electron chi connectivity index (χ3n) is 4.24. The maximum Gasteiger partial charge on any atom is 0.237 e. The average molecular weight is 270 g/mol. The molecule has 1 aliphatic carbocycles. The number of carbonyl (C=O) groups is 1. The fraction of sp³-hybridized carbons (Fsp3) is 0.471. The Hall–Kier alpha value is -1.61. The number of carbonyl (C=O) groups excluding carboxylic acids is 1. The summed E-state index contributed by atoms with van der Waals surface area (Å²) in [5.74, 6) is 0.184. The van der Waals surface area contributed by atoms with Crippen LogP contribution in [0, 0.1) is 0 Å². The van der Waals surface area contributed by atoms with Gasteiger partial charge in [0.2, 0.25) is 5.91 Å². The molecule has 1 N–H and O–H groups in total. The number of nitrogens with one attached hydrogen (secondary N) is 1. The van der Waals surface area contributed by atoms with E-state index >= 15 is 0 Å². The fourth-order valence-corrected chi connectivity index (χ4v) is 2.67. The minimum atomic E-state index is -0.0239. The molecule has 1 saturated carbocycles. The number of nitrogens with zero attached hydrogens (tertiary/aromatic N) is 1. The lowest BCUT2D eigenvalue weighted by Crippen LogP contribution is -2.47. The van der Waals surface area contributed by atoms with E-state index < -0.39 is 0 Å². The quantitative estimate of drug-likeness (QED) is 0.911. The van der Waals surface area contributed by atoms with E-state index in [-0.39, 0.29) is 11.9 Å². The first kappa shape index (κ1) is 13.4. The summed E-state index contributed by atoms with van der Waals surface area (Å²) in [5, 5.41) is 3.09. The monoisotopic (exact) mass is 270 g/mol. The molecule has 1 heterocycles. The summed E-state index contributed by atoms with van der Waals surface area (Å²) in [6.07, 6.45) is 5.58. The molecule has 20 heavy (non-hydrogen) atoms. The van der Waals surface area contributed by atoms with Gasteiger partial charge in [0.1, 0.15) is 0 Å². The first-order valence-electron chi connectivity index (χ1n) is 7.53.